The van der Waals surface area contributed by atoms with E-state index in [2.05, 4.69) is 30.5 Å². The van der Waals surface area contributed by atoms with Crippen LogP contribution in [0.25, 0.3) is 17.4 Å². The summed E-state index contributed by atoms with van der Waals surface area (Å²) in [5, 5.41) is 15.8. The molecule has 1 fully saturated rings. The zero-order chi connectivity index (χ0) is 27.6. The first-order valence-electron chi connectivity index (χ1n) is 13.3. The Morgan fingerprint density at radius 3 is 2.59 bits per heavy atom. The summed E-state index contributed by atoms with van der Waals surface area (Å²) in [5.74, 6) is 1.17. The Labute approximate surface area is 234 Å². The van der Waals surface area contributed by atoms with Crippen LogP contribution in [0.15, 0.2) is 88.7 Å². The number of rotatable bonds is 6. The van der Waals surface area contributed by atoms with Gasteiger partial charge in [0.2, 0.25) is 0 Å². The number of anilines is 2. The number of aliphatic imine (C=N–C) groups is 1. The maximum Gasteiger partial charge on any atom is 0.317 e. The molecule has 5 aromatic rings. The molecule has 2 aliphatic rings. The van der Waals surface area contributed by atoms with Gasteiger partial charge in [-0.15, -0.1) is 5.10 Å². The molecule has 204 valence electrons. The lowest BCUT2D eigenvalue weighted by molar-refractivity contribution is -0.119. The minimum absolute atomic E-state index is 0.0737. The third-order valence-electron chi connectivity index (χ3n) is 6.94. The number of benzene rings is 2. The number of hydrogen-bond acceptors (Lipinski definition) is 11. The molecule has 1 saturated heterocycles. The molecular weight excluding hydrogens is 522 g/mol. The van der Waals surface area contributed by atoms with Crippen molar-refractivity contribution in [1.29, 1.82) is 0 Å². The fraction of sp³-hybridized carbons (Fsp3) is 0.207. The van der Waals surface area contributed by atoms with Crippen LogP contribution in [0.2, 0.25) is 0 Å². The Hall–Kier alpha value is -5.23. The number of aromatic nitrogens is 6. The number of hydrogen-bond donors (Lipinski definition) is 1. The highest BCUT2D eigenvalue weighted by molar-refractivity contribution is 6.16. The summed E-state index contributed by atoms with van der Waals surface area (Å²) in [6, 6.07) is 19.5. The molecule has 0 spiro atoms. The van der Waals surface area contributed by atoms with Crippen molar-refractivity contribution in [2.75, 3.05) is 36.5 Å². The van der Waals surface area contributed by atoms with Gasteiger partial charge in [-0.1, -0.05) is 59.7 Å². The van der Waals surface area contributed by atoms with E-state index < -0.39 is 6.17 Å². The zero-order valence-electron chi connectivity index (χ0n) is 21.9. The molecule has 0 bridgehead atoms. The van der Waals surface area contributed by atoms with Gasteiger partial charge in [-0.05, 0) is 11.6 Å². The Morgan fingerprint density at radius 2 is 1.76 bits per heavy atom. The van der Waals surface area contributed by atoms with Crippen molar-refractivity contribution in [2.24, 2.45) is 4.99 Å². The highest BCUT2D eigenvalue weighted by Crippen LogP contribution is 2.30. The van der Waals surface area contributed by atoms with Crippen molar-refractivity contribution in [2.45, 2.75) is 12.6 Å². The molecule has 0 radical (unpaired) electrons. The number of carbonyl (C=O) groups is 1. The van der Waals surface area contributed by atoms with Crippen LogP contribution < -0.4 is 10.2 Å². The largest absolute Gasteiger partial charge is 0.403 e. The quantitative estimate of drug-likeness (QED) is 0.338. The van der Waals surface area contributed by atoms with Crippen molar-refractivity contribution < 1.29 is 13.9 Å². The van der Waals surface area contributed by atoms with Crippen molar-refractivity contribution in [3.05, 3.63) is 95.9 Å². The third kappa shape index (κ3) is 4.96. The van der Waals surface area contributed by atoms with Gasteiger partial charge < -0.3 is 19.4 Å². The number of ketones is 1. The van der Waals surface area contributed by atoms with E-state index in [4.69, 9.17) is 19.1 Å². The summed E-state index contributed by atoms with van der Waals surface area (Å²) in [4.78, 5) is 29.5. The third-order valence-corrected chi connectivity index (χ3v) is 6.94. The second kappa shape index (κ2) is 10.7. The van der Waals surface area contributed by atoms with Gasteiger partial charge in [0.05, 0.1) is 24.5 Å². The minimum atomic E-state index is -0.914. The molecule has 5 heterocycles. The molecule has 41 heavy (non-hydrogen) atoms. The first kappa shape index (κ1) is 24.8. The molecule has 0 aliphatic carbocycles. The first-order chi connectivity index (χ1) is 20.2. The Kier molecular flexibility index (Phi) is 6.49. The van der Waals surface area contributed by atoms with Crippen molar-refractivity contribution in [1.82, 2.24) is 29.9 Å². The number of fused-ring (bicyclic) bond motifs is 1. The number of morpholine rings is 1. The van der Waals surface area contributed by atoms with E-state index in [1.54, 1.807) is 29.3 Å². The van der Waals surface area contributed by atoms with Crippen LogP contribution >= 0.6 is 0 Å². The van der Waals surface area contributed by atoms with E-state index in [0.29, 0.717) is 43.6 Å². The Balaban J connectivity index is 1.22. The van der Waals surface area contributed by atoms with Gasteiger partial charge in [0.25, 0.3) is 11.8 Å². The molecule has 1 N–H and O–H groups in total. The van der Waals surface area contributed by atoms with E-state index in [0.717, 1.165) is 22.4 Å². The van der Waals surface area contributed by atoms with E-state index in [9.17, 15) is 4.79 Å². The number of nitrogens with zero attached hydrogens (tertiary/aromatic N) is 8. The molecule has 2 aliphatic heterocycles. The summed E-state index contributed by atoms with van der Waals surface area (Å²) in [7, 11) is 0. The van der Waals surface area contributed by atoms with Gasteiger partial charge in [0.15, 0.2) is 11.9 Å². The van der Waals surface area contributed by atoms with Crippen LogP contribution in [0, 0.1) is 0 Å². The molecule has 12 nitrogen and oxygen atoms in total. The maximum absolute atomic E-state index is 13.3. The lowest BCUT2D eigenvalue weighted by atomic mass is 9.96. The lowest BCUT2D eigenvalue weighted by Crippen LogP contribution is -2.37. The summed E-state index contributed by atoms with van der Waals surface area (Å²) in [6.07, 6.45) is 4.40. The summed E-state index contributed by atoms with van der Waals surface area (Å²) >= 11 is 0. The SMILES string of the molecule is O=C1Cc2ccccc2C(c2ccccc2)=N[C@@H]1Nc1nnc(-c2cnc(-n3cccn3)nc2N2CCOCC2)o1. The second-order valence-electron chi connectivity index (χ2n) is 9.56. The molecular formula is C29H25N9O3. The lowest BCUT2D eigenvalue weighted by Gasteiger charge is -2.28. The first-order valence-corrected chi connectivity index (χ1v) is 13.3. The molecule has 0 saturated carbocycles. The number of Topliss-reactive ketones (excluding diaryl/α,β-unsaturated/α-hetero) is 1. The van der Waals surface area contributed by atoms with Crippen molar-refractivity contribution in [3.63, 3.8) is 0 Å². The number of nitrogens with one attached hydrogen (secondary N) is 1. The smallest absolute Gasteiger partial charge is 0.317 e. The monoisotopic (exact) mass is 547 g/mol. The topological polar surface area (TPSA) is 136 Å². The predicted octanol–water partition coefficient (Wildman–Crippen LogP) is 2.95. The van der Waals surface area contributed by atoms with Gasteiger partial charge in [-0.3, -0.25) is 9.79 Å². The van der Waals surface area contributed by atoms with Crippen LogP contribution in [0.3, 0.4) is 0 Å². The molecule has 3 aromatic heterocycles. The highest BCUT2D eigenvalue weighted by Gasteiger charge is 2.28. The molecule has 1 atom stereocenters. The summed E-state index contributed by atoms with van der Waals surface area (Å²) in [5.41, 5.74) is 4.04. The van der Waals surface area contributed by atoms with Gasteiger partial charge in [0, 0.05) is 49.2 Å². The molecule has 2 aromatic carbocycles. The summed E-state index contributed by atoms with van der Waals surface area (Å²) < 4.78 is 13.2. The fourth-order valence-electron chi connectivity index (χ4n) is 4.94. The average molecular weight is 548 g/mol. The predicted molar refractivity (Wildman–Crippen MR) is 150 cm³/mol. The average Bonchev–Trinajstić information content (AvgIpc) is 3.71. The van der Waals surface area contributed by atoms with E-state index in [1.807, 2.05) is 54.6 Å². The van der Waals surface area contributed by atoms with E-state index >= 15 is 0 Å². The standard InChI is InChI=1S/C29H25N9O3/c39-23-17-20-9-4-5-10-21(20)24(19-7-2-1-3-8-19)32-25(23)33-29-36-35-27(41-29)22-18-30-28(38-12-6-11-31-38)34-26(22)37-13-15-40-16-14-37/h1-12,18,25H,13-17H2,(H,33,36)/t25-/m1/s1. The molecule has 0 unspecified atom stereocenters. The van der Waals surface area contributed by atoms with E-state index in [-0.39, 0.29) is 24.1 Å². The van der Waals surface area contributed by atoms with Gasteiger partial charge in [-0.25, -0.2) is 9.67 Å². The Bertz CT molecular complexity index is 1710. The van der Waals surface area contributed by atoms with Crippen LogP contribution in [0.1, 0.15) is 16.7 Å². The van der Waals surface area contributed by atoms with Crippen LogP contribution in [-0.4, -0.2) is 73.9 Å². The highest BCUT2D eigenvalue weighted by atomic mass is 16.5. The molecule has 12 heteroatoms. The van der Waals surface area contributed by atoms with Crippen molar-refractivity contribution in [3.8, 4) is 17.4 Å². The van der Waals surface area contributed by atoms with Crippen LogP contribution in [0.4, 0.5) is 11.8 Å². The molecule has 7 rings (SSSR count). The fourth-order valence-corrected chi connectivity index (χ4v) is 4.94. The molecule has 0 amide bonds. The summed E-state index contributed by atoms with van der Waals surface area (Å²) in [6.45, 7) is 2.45. The normalized spacial score (nSPS) is 17.1. The Morgan fingerprint density at radius 1 is 0.927 bits per heavy atom. The van der Waals surface area contributed by atoms with Gasteiger partial charge >= 0.3 is 6.01 Å². The van der Waals surface area contributed by atoms with Crippen LogP contribution in [0.5, 0.6) is 0 Å². The van der Waals surface area contributed by atoms with Gasteiger partial charge in [0.1, 0.15) is 5.82 Å². The second-order valence-corrected chi connectivity index (χ2v) is 9.56. The maximum atomic E-state index is 13.3. The van der Waals surface area contributed by atoms with Gasteiger partial charge in [-0.2, -0.15) is 10.1 Å². The number of ether oxygens (including phenoxy) is 1. The zero-order valence-corrected chi connectivity index (χ0v) is 21.9. The van der Waals surface area contributed by atoms with E-state index in [1.165, 1.54) is 0 Å². The van der Waals surface area contributed by atoms with Crippen LogP contribution in [-0.2, 0) is 16.0 Å². The van der Waals surface area contributed by atoms with Crippen molar-refractivity contribution >= 4 is 23.3 Å². The number of carbonyl (C=O) groups excluding carboxylic acids is 1. The minimum Gasteiger partial charge on any atom is -0.403 e.